The Morgan fingerprint density at radius 2 is 1.73 bits per heavy atom. The number of carbonyl (C=O) groups excluding carboxylic acids is 2. The molecule has 1 unspecified atom stereocenters. The summed E-state index contributed by atoms with van der Waals surface area (Å²) in [5, 5.41) is 3.54. The summed E-state index contributed by atoms with van der Waals surface area (Å²) in [6, 6.07) is 16.5. The second kappa shape index (κ2) is 7.91. The SMILES string of the molecule is Cc1cc(C)nc(Sc2ccc(NC(=O)C3(C)Cc4ccccc4C(=O)O3)cc2)n1. The summed E-state index contributed by atoms with van der Waals surface area (Å²) in [5.74, 6) is -0.835. The van der Waals surface area contributed by atoms with Gasteiger partial charge in [-0.05, 0) is 74.5 Å². The first kappa shape index (κ1) is 20.1. The van der Waals surface area contributed by atoms with E-state index in [0.29, 0.717) is 22.8 Å². The zero-order valence-electron chi connectivity index (χ0n) is 16.9. The van der Waals surface area contributed by atoms with Crippen LogP contribution in [0.5, 0.6) is 0 Å². The van der Waals surface area contributed by atoms with E-state index in [1.165, 1.54) is 11.8 Å². The number of rotatable bonds is 4. The van der Waals surface area contributed by atoms with Gasteiger partial charge in [0.2, 0.25) is 0 Å². The fourth-order valence-electron chi connectivity index (χ4n) is 3.37. The number of fused-ring (bicyclic) bond motifs is 1. The van der Waals surface area contributed by atoms with Gasteiger partial charge in [-0.3, -0.25) is 4.79 Å². The molecule has 152 valence electrons. The standard InChI is InChI=1S/C23H21N3O3S/c1-14-12-15(2)25-22(24-14)30-18-10-8-17(9-11-18)26-21(28)23(3)13-16-6-4-5-7-19(16)20(27)29-23/h4-12H,13H2,1-3H3,(H,26,28). The van der Waals surface area contributed by atoms with Crippen molar-refractivity contribution in [1.82, 2.24) is 9.97 Å². The molecular formula is C23H21N3O3S. The van der Waals surface area contributed by atoms with Crippen molar-refractivity contribution in [1.29, 1.82) is 0 Å². The van der Waals surface area contributed by atoms with Crippen LogP contribution in [0.25, 0.3) is 0 Å². The number of aryl methyl sites for hydroxylation is 2. The fraction of sp³-hybridized carbons (Fsp3) is 0.217. The first-order valence-electron chi connectivity index (χ1n) is 9.55. The van der Waals surface area contributed by atoms with Gasteiger partial charge in [-0.25, -0.2) is 14.8 Å². The van der Waals surface area contributed by atoms with Crippen LogP contribution in [0.2, 0.25) is 0 Å². The molecule has 30 heavy (non-hydrogen) atoms. The van der Waals surface area contributed by atoms with Crippen molar-refractivity contribution in [2.24, 2.45) is 0 Å². The van der Waals surface area contributed by atoms with Crippen molar-refractivity contribution in [3.63, 3.8) is 0 Å². The van der Waals surface area contributed by atoms with E-state index in [1.807, 2.05) is 56.3 Å². The van der Waals surface area contributed by atoms with Crippen molar-refractivity contribution in [3.05, 3.63) is 77.1 Å². The Morgan fingerprint density at radius 1 is 1.07 bits per heavy atom. The summed E-state index contributed by atoms with van der Waals surface area (Å²) in [7, 11) is 0. The first-order chi connectivity index (χ1) is 14.3. The van der Waals surface area contributed by atoms with E-state index < -0.39 is 11.6 Å². The summed E-state index contributed by atoms with van der Waals surface area (Å²) in [6.45, 7) is 5.51. The third-order valence-corrected chi connectivity index (χ3v) is 5.72. The van der Waals surface area contributed by atoms with Crippen molar-refractivity contribution in [3.8, 4) is 0 Å². The molecule has 6 nitrogen and oxygen atoms in total. The highest BCUT2D eigenvalue weighted by atomic mass is 32.2. The van der Waals surface area contributed by atoms with E-state index in [-0.39, 0.29) is 5.91 Å². The van der Waals surface area contributed by atoms with Gasteiger partial charge >= 0.3 is 5.97 Å². The summed E-state index contributed by atoms with van der Waals surface area (Å²) in [6.07, 6.45) is 0.332. The van der Waals surface area contributed by atoms with Crippen LogP contribution in [0.1, 0.15) is 34.2 Å². The van der Waals surface area contributed by atoms with Crippen LogP contribution in [-0.4, -0.2) is 27.4 Å². The lowest BCUT2D eigenvalue weighted by Crippen LogP contribution is -2.48. The van der Waals surface area contributed by atoms with Crippen LogP contribution in [-0.2, 0) is 16.0 Å². The topological polar surface area (TPSA) is 81.2 Å². The zero-order valence-corrected chi connectivity index (χ0v) is 17.7. The average Bonchev–Trinajstić information content (AvgIpc) is 2.68. The number of ether oxygens (including phenoxy) is 1. The largest absolute Gasteiger partial charge is 0.445 e. The molecule has 1 aliphatic rings. The van der Waals surface area contributed by atoms with E-state index in [2.05, 4.69) is 15.3 Å². The van der Waals surface area contributed by atoms with E-state index in [9.17, 15) is 9.59 Å². The zero-order chi connectivity index (χ0) is 21.3. The summed E-state index contributed by atoms with van der Waals surface area (Å²) < 4.78 is 5.49. The van der Waals surface area contributed by atoms with Gasteiger partial charge in [-0.1, -0.05) is 18.2 Å². The molecule has 0 bridgehead atoms. The Kier molecular flexibility index (Phi) is 5.30. The predicted octanol–water partition coefficient (Wildman–Crippen LogP) is 4.35. The Morgan fingerprint density at radius 3 is 2.43 bits per heavy atom. The Hall–Kier alpha value is -3.19. The van der Waals surface area contributed by atoms with Gasteiger partial charge in [0, 0.05) is 28.4 Å². The molecule has 3 aromatic rings. The number of nitrogens with one attached hydrogen (secondary N) is 1. The number of nitrogens with zero attached hydrogens (tertiary/aromatic N) is 2. The maximum Gasteiger partial charge on any atom is 0.339 e. The van der Waals surface area contributed by atoms with Crippen LogP contribution in [0.3, 0.4) is 0 Å². The molecule has 4 rings (SSSR count). The lowest BCUT2D eigenvalue weighted by atomic mass is 9.89. The number of anilines is 1. The number of hydrogen-bond donors (Lipinski definition) is 1. The average molecular weight is 420 g/mol. The molecular weight excluding hydrogens is 398 g/mol. The molecule has 0 saturated carbocycles. The highest BCUT2D eigenvalue weighted by Gasteiger charge is 2.42. The second-order valence-electron chi connectivity index (χ2n) is 7.47. The molecule has 2 heterocycles. The van der Waals surface area contributed by atoms with Crippen molar-refractivity contribution < 1.29 is 14.3 Å². The third kappa shape index (κ3) is 4.21. The van der Waals surface area contributed by atoms with Gasteiger partial charge < -0.3 is 10.1 Å². The number of aromatic nitrogens is 2. The first-order valence-corrected chi connectivity index (χ1v) is 10.4. The van der Waals surface area contributed by atoms with Gasteiger partial charge in [0.05, 0.1) is 5.56 Å². The van der Waals surface area contributed by atoms with Gasteiger partial charge in [-0.15, -0.1) is 0 Å². The second-order valence-corrected chi connectivity index (χ2v) is 8.51. The van der Waals surface area contributed by atoms with E-state index in [0.717, 1.165) is 21.8 Å². The minimum Gasteiger partial charge on any atom is -0.445 e. The molecule has 1 N–H and O–H groups in total. The van der Waals surface area contributed by atoms with Crippen molar-refractivity contribution in [2.75, 3.05) is 5.32 Å². The summed E-state index contributed by atoms with van der Waals surface area (Å²) in [4.78, 5) is 35.0. The predicted molar refractivity (Wildman–Crippen MR) is 115 cm³/mol. The molecule has 7 heteroatoms. The lowest BCUT2D eigenvalue weighted by Gasteiger charge is -2.33. The number of cyclic esters (lactones) is 1. The smallest absolute Gasteiger partial charge is 0.339 e. The minimum absolute atomic E-state index is 0.332. The highest BCUT2D eigenvalue weighted by molar-refractivity contribution is 7.99. The van der Waals surface area contributed by atoms with Crippen LogP contribution in [0.15, 0.2) is 64.6 Å². The van der Waals surface area contributed by atoms with E-state index in [1.54, 1.807) is 19.1 Å². The van der Waals surface area contributed by atoms with Crippen LogP contribution >= 0.6 is 11.8 Å². The molecule has 1 aromatic heterocycles. The number of carbonyl (C=O) groups is 2. The maximum absolute atomic E-state index is 12.9. The fourth-order valence-corrected chi connectivity index (χ4v) is 4.24. The Balaban J connectivity index is 1.45. The molecule has 0 spiro atoms. The summed E-state index contributed by atoms with van der Waals surface area (Å²) >= 11 is 1.46. The Bertz CT molecular complexity index is 1110. The molecule has 0 fully saturated rings. The van der Waals surface area contributed by atoms with Crippen molar-refractivity contribution >= 4 is 29.3 Å². The van der Waals surface area contributed by atoms with Gasteiger partial charge in [-0.2, -0.15) is 0 Å². The monoisotopic (exact) mass is 419 g/mol. The molecule has 2 aromatic carbocycles. The molecule has 0 saturated heterocycles. The maximum atomic E-state index is 12.9. The molecule has 0 aliphatic carbocycles. The number of amides is 1. The lowest BCUT2D eigenvalue weighted by molar-refractivity contribution is -0.134. The van der Waals surface area contributed by atoms with Gasteiger partial charge in [0.1, 0.15) is 0 Å². The van der Waals surface area contributed by atoms with Crippen LogP contribution < -0.4 is 5.32 Å². The molecule has 0 radical (unpaired) electrons. The molecule has 1 amide bonds. The number of hydrogen-bond acceptors (Lipinski definition) is 6. The van der Waals surface area contributed by atoms with Crippen molar-refractivity contribution in [2.45, 2.75) is 42.8 Å². The summed E-state index contributed by atoms with van der Waals surface area (Å²) in [5.41, 5.74) is 2.54. The van der Waals surface area contributed by atoms with Crippen LogP contribution in [0, 0.1) is 13.8 Å². The molecule has 1 aliphatic heterocycles. The minimum atomic E-state index is -1.26. The number of benzene rings is 2. The van der Waals surface area contributed by atoms with Gasteiger partial charge in [0.25, 0.3) is 5.91 Å². The van der Waals surface area contributed by atoms with Gasteiger partial charge in [0.15, 0.2) is 10.8 Å². The quantitative estimate of drug-likeness (QED) is 0.500. The van der Waals surface area contributed by atoms with Crippen LogP contribution in [0.4, 0.5) is 5.69 Å². The Labute approximate surface area is 179 Å². The van der Waals surface area contributed by atoms with E-state index in [4.69, 9.17) is 4.74 Å². The molecule has 1 atom stereocenters. The highest BCUT2D eigenvalue weighted by Crippen LogP contribution is 2.30. The third-order valence-electron chi connectivity index (χ3n) is 4.85. The number of esters is 1. The van der Waals surface area contributed by atoms with E-state index >= 15 is 0 Å². The normalized spacial score (nSPS) is 17.8.